The Balaban J connectivity index is 1.84. The van der Waals surface area contributed by atoms with Crippen LogP contribution in [0.4, 0.5) is 0 Å². The van der Waals surface area contributed by atoms with E-state index in [1.54, 1.807) is 14.1 Å². The molecule has 2 N–H and O–H groups in total. The molecule has 0 saturated carbocycles. The molecule has 0 unspecified atom stereocenters. The van der Waals surface area contributed by atoms with Crippen molar-refractivity contribution in [3.63, 3.8) is 0 Å². The summed E-state index contributed by atoms with van der Waals surface area (Å²) in [7, 11) is -0.212. The van der Waals surface area contributed by atoms with E-state index in [0.717, 1.165) is 39.1 Å². The summed E-state index contributed by atoms with van der Waals surface area (Å²) in [6.07, 6.45) is 0.774. The van der Waals surface area contributed by atoms with Gasteiger partial charge in [0.2, 0.25) is 10.0 Å². The fourth-order valence-corrected chi connectivity index (χ4v) is 3.64. The monoisotopic (exact) mass is 354 g/mol. The Morgan fingerprint density at radius 2 is 1.83 bits per heavy atom. The average Bonchev–Trinajstić information content (AvgIpc) is 2.59. The SMILES string of the molecule is CN(C)C(=O)c1ccc(S(=O)(=O)NCCCN2CCNCC2)cc1. The molecule has 1 aliphatic rings. The number of benzene rings is 1. The van der Waals surface area contributed by atoms with E-state index in [1.165, 1.54) is 29.2 Å². The van der Waals surface area contributed by atoms with E-state index in [9.17, 15) is 13.2 Å². The van der Waals surface area contributed by atoms with Crippen molar-refractivity contribution < 1.29 is 13.2 Å². The molecule has 1 fully saturated rings. The van der Waals surface area contributed by atoms with Crippen LogP contribution in [0.15, 0.2) is 29.2 Å². The minimum atomic E-state index is -3.53. The normalized spacial score (nSPS) is 16.1. The van der Waals surface area contributed by atoms with Gasteiger partial charge in [-0.1, -0.05) is 0 Å². The molecule has 2 rings (SSSR count). The van der Waals surface area contributed by atoms with Gasteiger partial charge in [0.1, 0.15) is 0 Å². The maximum atomic E-state index is 12.3. The van der Waals surface area contributed by atoms with Crippen LogP contribution in [-0.4, -0.2) is 77.5 Å². The minimum absolute atomic E-state index is 0.150. The van der Waals surface area contributed by atoms with Crippen LogP contribution in [0.2, 0.25) is 0 Å². The van der Waals surface area contributed by atoms with Crippen molar-refractivity contribution in [3.05, 3.63) is 29.8 Å². The van der Waals surface area contributed by atoms with Crippen LogP contribution in [0.3, 0.4) is 0 Å². The van der Waals surface area contributed by atoms with E-state index in [-0.39, 0.29) is 10.8 Å². The number of hydrogen-bond acceptors (Lipinski definition) is 5. The molecule has 0 aromatic heterocycles. The van der Waals surface area contributed by atoms with Crippen molar-refractivity contribution >= 4 is 15.9 Å². The first-order valence-electron chi connectivity index (χ1n) is 8.14. The predicted molar refractivity (Wildman–Crippen MR) is 93.6 cm³/mol. The number of carbonyl (C=O) groups excluding carboxylic acids is 1. The lowest BCUT2D eigenvalue weighted by Gasteiger charge is -2.27. The van der Waals surface area contributed by atoms with E-state index in [1.807, 2.05) is 0 Å². The van der Waals surface area contributed by atoms with Crippen molar-refractivity contribution in [2.75, 3.05) is 53.4 Å². The van der Waals surface area contributed by atoms with Crippen molar-refractivity contribution in [3.8, 4) is 0 Å². The number of nitrogens with one attached hydrogen (secondary N) is 2. The van der Waals surface area contributed by atoms with Crippen LogP contribution in [0.1, 0.15) is 16.8 Å². The number of rotatable bonds is 7. The fourth-order valence-electron chi connectivity index (χ4n) is 2.56. The lowest BCUT2D eigenvalue weighted by Crippen LogP contribution is -2.44. The van der Waals surface area contributed by atoms with E-state index in [2.05, 4.69) is 14.9 Å². The van der Waals surface area contributed by atoms with Gasteiger partial charge in [0.25, 0.3) is 5.91 Å². The number of sulfonamides is 1. The number of nitrogens with zero attached hydrogens (tertiary/aromatic N) is 2. The summed E-state index contributed by atoms with van der Waals surface area (Å²) in [6, 6.07) is 6.01. The molecular weight excluding hydrogens is 328 g/mol. The van der Waals surface area contributed by atoms with Gasteiger partial charge in [0, 0.05) is 52.4 Å². The van der Waals surface area contributed by atoms with Gasteiger partial charge in [-0.2, -0.15) is 0 Å². The van der Waals surface area contributed by atoms with E-state index >= 15 is 0 Å². The zero-order chi connectivity index (χ0) is 17.6. The topological polar surface area (TPSA) is 81.8 Å². The highest BCUT2D eigenvalue weighted by Crippen LogP contribution is 2.11. The summed E-state index contributed by atoms with van der Waals surface area (Å²) in [6.45, 7) is 5.29. The summed E-state index contributed by atoms with van der Waals surface area (Å²) in [4.78, 5) is 15.8. The maximum Gasteiger partial charge on any atom is 0.253 e. The highest BCUT2D eigenvalue weighted by molar-refractivity contribution is 7.89. The van der Waals surface area contributed by atoms with Crippen LogP contribution in [0.25, 0.3) is 0 Å². The van der Waals surface area contributed by atoms with Gasteiger partial charge in [-0.25, -0.2) is 13.1 Å². The van der Waals surface area contributed by atoms with Gasteiger partial charge in [-0.3, -0.25) is 4.79 Å². The first-order valence-corrected chi connectivity index (χ1v) is 9.63. The summed E-state index contributed by atoms with van der Waals surface area (Å²) in [5, 5.41) is 3.29. The Morgan fingerprint density at radius 3 is 2.42 bits per heavy atom. The van der Waals surface area contributed by atoms with Crippen LogP contribution < -0.4 is 10.0 Å². The molecular formula is C16H26N4O3S. The van der Waals surface area contributed by atoms with E-state index in [4.69, 9.17) is 0 Å². The summed E-state index contributed by atoms with van der Waals surface area (Å²) in [5.41, 5.74) is 0.470. The van der Waals surface area contributed by atoms with Crippen LogP contribution in [0.5, 0.6) is 0 Å². The van der Waals surface area contributed by atoms with Gasteiger partial charge in [0.05, 0.1) is 4.90 Å². The molecule has 8 heteroatoms. The van der Waals surface area contributed by atoms with Gasteiger partial charge in [-0.05, 0) is 37.2 Å². The van der Waals surface area contributed by atoms with E-state index in [0.29, 0.717) is 12.1 Å². The number of piperazine rings is 1. The molecule has 1 heterocycles. The highest BCUT2D eigenvalue weighted by atomic mass is 32.2. The molecule has 1 aromatic rings. The third-order valence-corrected chi connectivity index (χ3v) is 5.45. The average molecular weight is 354 g/mol. The first-order chi connectivity index (χ1) is 11.4. The Labute approximate surface area is 144 Å². The summed E-state index contributed by atoms with van der Waals surface area (Å²) in [5.74, 6) is -0.150. The fraction of sp³-hybridized carbons (Fsp3) is 0.562. The minimum Gasteiger partial charge on any atom is -0.345 e. The molecule has 0 bridgehead atoms. The van der Waals surface area contributed by atoms with Crippen molar-refractivity contribution in [2.45, 2.75) is 11.3 Å². The smallest absolute Gasteiger partial charge is 0.253 e. The zero-order valence-electron chi connectivity index (χ0n) is 14.3. The van der Waals surface area contributed by atoms with Gasteiger partial charge in [-0.15, -0.1) is 0 Å². The van der Waals surface area contributed by atoms with E-state index < -0.39 is 10.0 Å². The molecule has 1 amide bonds. The number of hydrogen-bond donors (Lipinski definition) is 2. The number of amides is 1. The molecule has 24 heavy (non-hydrogen) atoms. The Kier molecular flexibility index (Phi) is 6.73. The van der Waals surface area contributed by atoms with Crippen LogP contribution >= 0.6 is 0 Å². The van der Waals surface area contributed by atoms with Gasteiger partial charge >= 0.3 is 0 Å². The number of carbonyl (C=O) groups is 1. The zero-order valence-corrected chi connectivity index (χ0v) is 15.1. The van der Waals surface area contributed by atoms with Crippen molar-refractivity contribution in [2.24, 2.45) is 0 Å². The third kappa shape index (κ3) is 5.27. The molecule has 7 nitrogen and oxygen atoms in total. The standard InChI is InChI=1S/C16H26N4O3S/c1-19(2)16(21)14-4-6-15(7-5-14)24(22,23)18-8-3-11-20-12-9-17-10-13-20/h4-7,17-18H,3,8-13H2,1-2H3. The molecule has 1 saturated heterocycles. The maximum absolute atomic E-state index is 12.3. The Hall–Kier alpha value is -1.48. The molecule has 1 aromatic carbocycles. The quantitative estimate of drug-likeness (QED) is 0.672. The second kappa shape index (κ2) is 8.57. The second-order valence-electron chi connectivity index (χ2n) is 6.07. The highest BCUT2D eigenvalue weighted by Gasteiger charge is 2.15. The Morgan fingerprint density at radius 1 is 1.21 bits per heavy atom. The van der Waals surface area contributed by atoms with Crippen LogP contribution in [-0.2, 0) is 10.0 Å². The van der Waals surface area contributed by atoms with Crippen LogP contribution in [0, 0.1) is 0 Å². The molecule has 0 atom stereocenters. The summed E-state index contributed by atoms with van der Waals surface area (Å²) < 4.78 is 27.2. The molecule has 0 radical (unpaired) electrons. The summed E-state index contributed by atoms with van der Waals surface area (Å²) >= 11 is 0. The second-order valence-corrected chi connectivity index (χ2v) is 7.83. The van der Waals surface area contributed by atoms with Crippen molar-refractivity contribution in [1.82, 2.24) is 19.8 Å². The van der Waals surface area contributed by atoms with Crippen molar-refractivity contribution in [1.29, 1.82) is 0 Å². The lowest BCUT2D eigenvalue weighted by atomic mass is 10.2. The van der Waals surface area contributed by atoms with Gasteiger partial charge in [0.15, 0.2) is 0 Å². The molecule has 1 aliphatic heterocycles. The molecule has 134 valence electrons. The molecule has 0 aliphatic carbocycles. The van der Waals surface area contributed by atoms with Gasteiger partial charge < -0.3 is 15.1 Å². The largest absolute Gasteiger partial charge is 0.345 e. The first kappa shape index (κ1) is 18.9. The third-order valence-electron chi connectivity index (χ3n) is 3.97. The Bertz CT molecular complexity index is 638. The predicted octanol–water partition coefficient (Wildman–Crippen LogP) is -0.0380. The molecule has 0 spiro atoms. The lowest BCUT2D eigenvalue weighted by molar-refractivity contribution is 0.0827.